The van der Waals surface area contributed by atoms with Gasteiger partial charge in [0.25, 0.3) is 0 Å². The lowest BCUT2D eigenvalue weighted by Gasteiger charge is -2.16. The SMILES string of the molecule is O=C(CCn1nc(C(F)(F)F)cc1C1CC1)NC1CCCCCC1. The summed E-state index contributed by atoms with van der Waals surface area (Å²) in [6, 6.07) is 1.35. The van der Waals surface area contributed by atoms with Crippen molar-refractivity contribution in [2.45, 2.75) is 82.5 Å². The smallest absolute Gasteiger partial charge is 0.353 e. The Morgan fingerprint density at radius 2 is 1.83 bits per heavy atom. The third-order valence-corrected chi connectivity index (χ3v) is 4.87. The highest BCUT2D eigenvalue weighted by molar-refractivity contribution is 5.76. The molecular formula is C17H24F3N3O. The number of alkyl halides is 3. The van der Waals surface area contributed by atoms with E-state index in [1.54, 1.807) is 0 Å². The van der Waals surface area contributed by atoms with Gasteiger partial charge in [0.05, 0.1) is 0 Å². The van der Waals surface area contributed by atoms with Gasteiger partial charge in [-0.3, -0.25) is 9.48 Å². The van der Waals surface area contributed by atoms with Crippen molar-refractivity contribution in [3.05, 3.63) is 17.5 Å². The molecular weight excluding hydrogens is 319 g/mol. The van der Waals surface area contributed by atoms with Crippen molar-refractivity contribution >= 4 is 5.91 Å². The van der Waals surface area contributed by atoms with E-state index in [0.717, 1.165) is 44.6 Å². The van der Waals surface area contributed by atoms with Crippen molar-refractivity contribution in [1.82, 2.24) is 15.1 Å². The van der Waals surface area contributed by atoms with Crippen molar-refractivity contribution in [2.75, 3.05) is 0 Å². The third kappa shape index (κ3) is 4.51. The molecule has 2 saturated carbocycles. The second kappa shape index (κ2) is 7.15. The lowest BCUT2D eigenvalue weighted by atomic mass is 10.1. The number of amides is 1. The highest BCUT2D eigenvalue weighted by Gasteiger charge is 2.37. The summed E-state index contributed by atoms with van der Waals surface area (Å²) >= 11 is 0. The molecule has 1 N–H and O–H groups in total. The number of hydrogen-bond acceptors (Lipinski definition) is 2. The molecule has 1 amide bonds. The molecule has 0 atom stereocenters. The summed E-state index contributed by atoms with van der Waals surface area (Å²) in [5, 5.41) is 6.72. The second-order valence-electron chi connectivity index (χ2n) is 6.96. The molecule has 0 aliphatic heterocycles. The molecule has 1 aromatic rings. The maximum atomic E-state index is 12.9. The van der Waals surface area contributed by atoms with Gasteiger partial charge in [0.1, 0.15) is 0 Å². The van der Waals surface area contributed by atoms with Crippen molar-refractivity contribution in [3.63, 3.8) is 0 Å². The molecule has 4 nitrogen and oxygen atoms in total. The molecule has 1 aromatic heterocycles. The zero-order valence-electron chi connectivity index (χ0n) is 13.7. The van der Waals surface area contributed by atoms with E-state index in [-0.39, 0.29) is 30.8 Å². The molecule has 3 rings (SSSR count). The van der Waals surface area contributed by atoms with Crippen LogP contribution >= 0.6 is 0 Å². The van der Waals surface area contributed by atoms with Crippen molar-refractivity contribution in [1.29, 1.82) is 0 Å². The van der Waals surface area contributed by atoms with Crippen LogP contribution in [0.3, 0.4) is 0 Å². The number of nitrogens with zero attached hydrogens (tertiary/aromatic N) is 2. The van der Waals surface area contributed by atoms with Gasteiger partial charge in [0.2, 0.25) is 5.91 Å². The highest BCUT2D eigenvalue weighted by Crippen LogP contribution is 2.42. The molecule has 2 fully saturated rings. The maximum Gasteiger partial charge on any atom is 0.435 e. The van der Waals surface area contributed by atoms with Crippen molar-refractivity contribution < 1.29 is 18.0 Å². The van der Waals surface area contributed by atoms with Gasteiger partial charge in [-0.05, 0) is 31.7 Å². The van der Waals surface area contributed by atoms with Gasteiger partial charge >= 0.3 is 6.18 Å². The molecule has 24 heavy (non-hydrogen) atoms. The zero-order valence-corrected chi connectivity index (χ0v) is 13.7. The Morgan fingerprint density at radius 1 is 1.17 bits per heavy atom. The number of carbonyl (C=O) groups excluding carboxylic acids is 1. The van der Waals surface area contributed by atoms with Crippen LogP contribution in [0.2, 0.25) is 0 Å². The standard InChI is InChI=1S/C17H24F3N3O/c18-17(19,20)15-11-14(12-7-8-12)23(22-15)10-9-16(24)21-13-5-3-1-2-4-6-13/h11-13H,1-10H2,(H,21,24). The molecule has 0 spiro atoms. The van der Waals surface area contributed by atoms with Gasteiger partial charge in [0, 0.05) is 30.6 Å². The summed E-state index contributed by atoms with van der Waals surface area (Å²) in [4.78, 5) is 12.1. The van der Waals surface area contributed by atoms with Gasteiger partial charge in [0.15, 0.2) is 5.69 Å². The number of carbonyl (C=O) groups is 1. The van der Waals surface area contributed by atoms with E-state index >= 15 is 0 Å². The van der Waals surface area contributed by atoms with E-state index in [9.17, 15) is 18.0 Å². The predicted molar refractivity (Wildman–Crippen MR) is 83.5 cm³/mol. The van der Waals surface area contributed by atoms with Gasteiger partial charge in [-0.15, -0.1) is 0 Å². The van der Waals surface area contributed by atoms with Crippen LogP contribution in [0.25, 0.3) is 0 Å². The molecule has 0 saturated heterocycles. The summed E-state index contributed by atoms with van der Waals surface area (Å²) < 4.78 is 40.0. The van der Waals surface area contributed by atoms with E-state index in [0.29, 0.717) is 5.69 Å². The van der Waals surface area contributed by atoms with Crippen molar-refractivity contribution in [3.8, 4) is 0 Å². The number of nitrogens with one attached hydrogen (secondary N) is 1. The first-order chi connectivity index (χ1) is 11.4. The Balaban J connectivity index is 1.57. The molecule has 0 unspecified atom stereocenters. The van der Waals surface area contributed by atoms with Gasteiger partial charge in [-0.25, -0.2) is 0 Å². The normalized spacial score (nSPS) is 20.0. The topological polar surface area (TPSA) is 46.9 Å². The number of rotatable bonds is 5. The minimum atomic E-state index is -4.43. The Bertz CT molecular complexity index is 570. The average molecular weight is 343 g/mol. The van der Waals surface area contributed by atoms with E-state index in [1.165, 1.54) is 17.5 Å². The van der Waals surface area contributed by atoms with Crippen LogP contribution in [-0.4, -0.2) is 21.7 Å². The molecule has 2 aliphatic rings. The fourth-order valence-corrected chi connectivity index (χ4v) is 3.39. The van der Waals surface area contributed by atoms with Crippen LogP contribution < -0.4 is 5.32 Å². The first-order valence-electron chi connectivity index (χ1n) is 8.88. The summed E-state index contributed by atoms with van der Waals surface area (Å²) in [5.74, 6) is 0.0752. The first kappa shape index (κ1) is 17.3. The Morgan fingerprint density at radius 3 is 2.42 bits per heavy atom. The van der Waals surface area contributed by atoms with Crippen LogP contribution in [0.4, 0.5) is 13.2 Å². The molecule has 1 heterocycles. The monoisotopic (exact) mass is 343 g/mol. The third-order valence-electron chi connectivity index (χ3n) is 4.87. The Hall–Kier alpha value is -1.53. The fourth-order valence-electron chi connectivity index (χ4n) is 3.39. The largest absolute Gasteiger partial charge is 0.435 e. The Kier molecular flexibility index (Phi) is 5.15. The van der Waals surface area contributed by atoms with Crippen LogP contribution in [0.5, 0.6) is 0 Å². The minimum absolute atomic E-state index is 0.0901. The molecule has 0 radical (unpaired) electrons. The molecule has 2 aliphatic carbocycles. The molecule has 7 heteroatoms. The molecule has 0 aromatic carbocycles. The number of halogens is 3. The van der Waals surface area contributed by atoms with Crippen LogP contribution in [-0.2, 0) is 17.5 Å². The lowest BCUT2D eigenvalue weighted by molar-refractivity contribution is -0.141. The highest BCUT2D eigenvalue weighted by atomic mass is 19.4. The Labute approximate surface area is 139 Å². The van der Waals surface area contributed by atoms with E-state index < -0.39 is 11.9 Å². The average Bonchev–Trinajstić information content (AvgIpc) is 3.30. The van der Waals surface area contributed by atoms with E-state index in [2.05, 4.69) is 10.4 Å². The minimum Gasteiger partial charge on any atom is -0.353 e. The first-order valence-corrected chi connectivity index (χ1v) is 8.88. The zero-order chi connectivity index (χ0) is 17.2. The van der Waals surface area contributed by atoms with Crippen LogP contribution in [0, 0.1) is 0 Å². The summed E-state index contributed by atoms with van der Waals surface area (Å²) in [6.45, 7) is 0.209. The fraction of sp³-hybridized carbons (Fsp3) is 0.765. The second-order valence-corrected chi connectivity index (χ2v) is 6.96. The van der Waals surface area contributed by atoms with Gasteiger partial charge in [-0.1, -0.05) is 25.7 Å². The lowest BCUT2D eigenvalue weighted by Crippen LogP contribution is -2.35. The number of aryl methyl sites for hydroxylation is 1. The molecule has 0 bridgehead atoms. The molecule has 134 valence electrons. The maximum absolute atomic E-state index is 12.9. The summed E-state index contributed by atoms with van der Waals surface area (Å²) in [7, 11) is 0. The quantitative estimate of drug-likeness (QED) is 0.821. The van der Waals surface area contributed by atoms with Crippen LogP contribution in [0.1, 0.15) is 75.1 Å². The van der Waals surface area contributed by atoms with Gasteiger partial charge in [-0.2, -0.15) is 18.3 Å². The van der Waals surface area contributed by atoms with Crippen molar-refractivity contribution in [2.24, 2.45) is 0 Å². The van der Waals surface area contributed by atoms with Crippen LogP contribution in [0.15, 0.2) is 6.07 Å². The number of aromatic nitrogens is 2. The summed E-state index contributed by atoms with van der Waals surface area (Å²) in [6.07, 6.45) is 4.23. The van der Waals surface area contributed by atoms with Gasteiger partial charge < -0.3 is 5.32 Å². The van der Waals surface area contributed by atoms with E-state index in [1.807, 2.05) is 0 Å². The summed E-state index contributed by atoms with van der Waals surface area (Å²) in [5.41, 5.74) is -0.238. The number of hydrogen-bond donors (Lipinski definition) is 1. The predicted octanol–water partition coefficient (Wildman–Crippen LogP) is 4.01. The van der Waals surface area contributed by atoms with E-state index in [4.69, 9.17) is 0 Å².